The number of pyridine rings is 1. The molecule has 2 aromatic rings. The number of carboxylic acids is 1. The lowest BCUT2D eigenvalue weighted by atomic mass is 10.0. The predicted molar refractivity (Wildman–Crippen MR) is 148 cm³/mol. The van der Waals surface area contributed by atoms with E-state index in [2.05, 4.69) is 15.2 Å². The number of halogens is 6. The van der Waals surface area contributed by atoms with Crippen LogP contribution in [-0.2, 0) is 20.9 Å². The number of alkyl halides is 6. The fourth-order valence-corrected chi connectivity index (χ4v) is 4.96. The molecule has 2 N–H and O–H groups in total. The summed E-state index contributed by atoms with van der Waals surface area (Å²) in [6.45, 7) is 6.01. The number of likely N-dealkylation sites (tertiary alicyclic amines) is 1. The zero-order valence-corrected chi connectivity index (χ0v) is 24.4. The van der Waals surface area contributed by atoms with E-state index >= 15 is 0 Å². The van der Waals surface area contributed by atoms with E-state index in [0.717, 1.165) is 30.8 Å². The Hall–Kier alpha value is -3.86. The fraction of sp³-hybridized carbons (Fsp3) is 0.444. The van der Waals surface area contributed by atoms with Crippen LogP contribution in [0.5, 0.6) is 0 Å². The zero-order chi connectivity index (χ0) is 32.9. The number of imide groups is 1. The molecular weight excluding hydrogens is 620 g/mol. The predicted octanol–water partition coefficient (Wildman–Crippen LogP) is 5.50. The summed E-state index contributed by atoms with van der Waals surface area (Å²) in [6.07, 6.45) is -0.902. The summed E-state index contributed by atoms with van der Waals surface area (Å²) in [4.78, 5) is 56.5. The normalized spacial score (nSPS) is 17.0. The van der Waals surface area contributed by atoms with Crippen LogP contribution < -0.4 is 10.2 Å². The van der Waals surface area contributed by atoms with E-state index in [1.165, 1.54) is 35.4 Å². The van der Waals surface area contributed by atoms with E-state index in [0.29, 0.717) is 24.3 Å². The third kappa shape index (κ3) is 9.32. The molecule has 240 valence electrons. The van der Waals surface area contributed by atoms with Crippen LogP contribution >= 0.6 is 11.8 Å². The van der Waals surface area contributed by atoms with Crippen molar-refractivity contribution >= 4 is 47.1 Å². The average molecular weight is 650 g/mol. The Morgan fingerprint density at radius 3 is 2.16 bits per heavy atom. The third-order valence-corrected chi connectivity index (χ3v) is 7.42. The number of thioether (sulfide) groups is 1. The molecule has 17 heteroatoms. The van der Waals surface area contributed by atoms with E-state index in [1.807, 2.05) is 0 Å². The van der Waals surface area contributed by atoms with Crippen molar-refractivity contribution < 1.29 is 50.6 Å². The van der Waals surface area contributed by atoms with Gasteiger partial charge in [0.05, 0.1) is 5.69 Å². The number of hydrogen-bond donors (Lipinski definition) is 2. The Morgan fingerprint density at radius 2 is 1.61 bits per heavy atom. The lowest BCUT2D eigenvalue weighted by Gasteiger charge is -2.27. The second-order valence-corrected chi connectivity index (χ2v) is 11.4. The molecule has 10 nitrogen and oxygen atoms in total. The molecule has 2 aliphatic heterocycles. The lowest BCUT2D eigenvalue weighted by molar-refractivity contribution is -0.192. The molecule has 0 atom stereocenters. The van der Waals surface area contributed by atoms with Gasteiger partial charge in [0, 0.05) is 30.6 Å². The lowest BCUT2D eigenvalue weighted by Crippen LogP contribution is -2.43. The quantitative estimate of drug-likeness (QED) is 0.219. The van der Waals surface area contributed by atoms with Crippen LogP contribution in [0.2, 0.25) is 0 Å². The molecule has 44 heavy (non-hydrogen) atoms. The molecule has 2 aliphatic rings. The minimum Gasteiger partial charge on any atom is -0.475 e. The number of amides is 4. The Balaban J connectivity index is 0.000000676. The first-order valence-electron chi connectivity index (χ1n) is 13.2. The van der Waals surface area contributed by atoms with Gasteiger partial charge in [-0.25, -0.2) is 19.5 Å². The first-order valence-corrected chi connectivity index (χ1v) is 14.0. The highest BCUT2D eigenvalue weighted by atomic mass is 32.2. The van der Waals surface area contributed by atoms with Crippen molar-refractivity contribution in [2.24, 2.45) is 0 Å². The highest BCUT2D eigenvalue weighted by Crippen LogP contribution is 2.39. The van der Waals surface area contributed by atoms with Crippen LogP contribution in [0.15, 0.2) is 47.5 Å². The number of aromatic nitrogens is 1. The zero-order valence-electron chi connectivity index (χ0n) is 23.5. The van der Waals surface area contributed by atoms with Crippen molar-refractivity contribution in [1.29, 1.82) is 0 Å². The SMILES string of the molecule is CC1(C)C(=O)N(c2ccc(SC(F)(F)F)cc2)C(=O)N1Cc1ccnc(NC(=O)CCN2CCCC2)c1.O=C(O)C(F)(F)F. The van der Waals surface area contributed by atoms with Crippen molar-refractivity contribution in [2.45, 2.75) is 61.8 Å². The van der Waals surface area contributed by atoms with Gasteiger partial charge in [-0.3, -0.25) is 9.59 Å². The maximum atomic E-state index is 13.3. The molecule has 4 amide bonds. The maximum Gasteiger partial charge on any atom is 0.490 e. The van der Waals surface area contributed by atoms with Gasteiger partial charge in [0.2, 0.25) is 5.91 Å². The minimum absolute atomic E-state index is 0.0433. The van der Waals surface area contributed by atoms with Gasteiger partial charge in [-0.1, -0.05) is 0 Å². The number of rotatable bonds is 8. The Kier molecular flexibility index (Phi) is 10.9. The molecule has 0 aliphatic carbocycles. The standard InChI is InChI=1S/C25H28F3N5O3S.C2HF3O2/c1-24(2)22(35)33(18-5-7-19(8-6-18)37-25(26,27)28)23(36)32(24)16-17-9-11-29-20(15-17)30-21(34)10-14-31-12-3-4-13-31;3-2(4,5)1(6)7/h5-9,11,15H,3-4,10,12-14,16H2,1-2H3,(H,29,30,34);(H,6,7). The fourth-order valence-electron chi connectivity index (χ4n) is 4.42. The van der Waals surface area contributed by atoms with Crippen LogP contribution in [0, 0.1) is 0 Å². The average Bonchev–Trinajstić information content (AvgIpc) is 3.49. The van der Waals surface area contributed by atoms with Gasteiger partial charge in [0.25, 0.3) is 5.91 Å². The van der Waals surface area contributed by atoms with Crippen LogP contribution in [-0.4, -0.2) is 80.6 Å². The molecule has 0 bridgehead atoms. The van der Waals surface area contributed by atoms with Crippen LogP contribution in [0.25, 0.3) is 0 Å². The summed E-state index contributed by atoms with van der Waals surface area (Å²) < 4.78 is 69.6. The van der Waals surface area contributed by atoms with Crippen molar-refractivity contribution in [3.05, 3.63) is 48.2 Å². The first-order chi connectivity index (χ1) is 20.4. The third-order valence-electron chi connectivity index (χ3n) is 6.68. The topological polar surface area (TPSA) is 123 Å². The molecule has 2 fully saturated rings. The van der Waals surface area contributed by atoms with E-state index < -0.39 is 35.1 Å². The van der Waals surface area contributed by atoms with E-state index in [4.69, 9.17) is 9.90 Å². The van der Waals surface area contributed by atoms with Gasteiger partial charge >= 0.3 is 23.7 Å². The molecule has 2 saturated heterocycles. The number of hydrogen-bond acceptors (Lipinski definition) is 7. The van der Waals surface area contributed by atoms with Crippen molar-refractivity contribution in [2.75, 3.05) is 29.9 Å². The summed E-state index contributed by atoms with van der Waals surface area (Å²) in [7, 11) is 0. The summed E-state index contributed by atoms with van der Waals surface area (Å²) >= 11 is -0.267. The molecule has 0 unspecified atom stereocenters. The van der Waals surface area contributed by atoms with Crippen LogP contribution in [0.4, 0.5) is 42.6 Å². The molecule has 1 aromatic carbocycles. The van der Waals surface area contributed by atoms with Crippen LogP contribution in [0.1, 0.15) is 38.7 Å². The van der Waals surface area contributed by atoms with Gasteiger partial charge < -0.3 is 20.2 Å². The summed E-state index contributed by atoms with van der Waals surface area (Å²) in [5.74, 6) is -3.04. The highest BCUT2D eigenvalue weighted by molar-refractivity contribution is 8.00. The van der Waals surface area contributed by atoms with Crippen molar-refractivity contribution in [1.82, 2.24) is 14.8 Å². The van der Waals surface area contributed by atoms with E-state index in [-0.39, 0.29) is 34.8 Å². The van der Waals surface area contributed by atoms with Crippen molar-refractivity contribution in [3.63, 3.8) is 0 Å². The molecule has 1 aromatic heterocycles. The number of benzene rings is 1. The number of nitrogens with zero attached hydrogens (tertiary/aromatic N) is 4. The number of nitrogens with one attached hydrogen (secondary N) is 1. The molecule has 3 heterocycles. The summed E-state index contributed by atoms with van der Waals surface area (Å²) in [5, 5.41) is 9.91. The molecule has 0 radical (unpaired) electrons. The van der Waals surface area contributed by atoms with Gasteiger partial charge in [-0.05, 0) is 93.5 Å². The largest absolute Gasteiger partial charge is 0.490 e. The minimum atomic E-state index is -5.08. The monoisotopic (exact) mass is 649 g/mol. The van der Waals surface area contributed by atoms with Gasteiger partial charge in [-0.15, -0.1) is 0 Å². The molecule has 4 rings (SSSR count). The number of carbonyl (C=O) groups is 4. The molecule has 0 spiro atoms. The summed E-state index contributed by atoms with van der Waals surface area (Å²) in [5.41, 5.74) is -4.77. The Bertz CT molecular complexity index is 1360. The molecular formula is C27H29F6N5O5S. The smallest absolute Gasteiger partial charge is 0.475 e. The molecule has 0 saturated carbocycles. The second-order valence-electron chi connectivity index (χ2n) is 10.3. The second kappa shape index (κ2) is 13.8. The Labute approximate surface area is 252 Å². The first kappa shape index (κ1) is 34.6. The Morgan fingerprint density at radius 1 is 1.02 bits per heavy atom. The van der Waals surface area contributed by atoms with Crippen molar-refractivity contribution in [3.8, 4) is 0 Å². The number of carboxylic acid groups (broad SMARTS) is 1. The van der Waals surface area contributed by atoms with E-state index in [9.17, 15) is 40.7 Å². The number of carbonyl (C=O) groups excluding carboxylic acids is 3. The van der Waals surface area contributed by atoms with Gasteiger partial charge in [0.15, 0.2) is 0 Å². The maximum absolute atomic E-state index is 13.3. The number of urea groups is 1. The number of anilines is 2. The van der Waals surface area contributed by atoms with Gasteiger partial charge in [-0.2, -0.15) is 26.3 Å². The van der Waals surface area contributed by atoms with Crippen LogP contribution in [0.3, 0.4) is 0 Å². The van der Waals surface area contributed by atoms with Gasteiger partial charge in [0.1, 0.15) is 11.4 Å². The number of aliphatic carboxylic acids is 1. The van der Waals surface area contributed by atoms with E-state index in [1.54, 1.807) is 26.0 Å². The highest BCUT2D eigenvalue weighted by Gasteiger charge is 2.51. The summed E-state index contributed by atoms with van der Waals surface area (Å²) in [6, 6.07) is 7.88.